The number of nitrogens with one attached hydrogen (secondary N) is 1. The van der Waals surface area contributed by atoms with E-state index >= 15 is 0 Å². The molecule has 1 saturated carbocycles. The molecule has 5 nitrogen and oxygen atoms in total. The molecular weight excluding hydrogens is 348 g/mol. The summed E-state index contributed by atoms with van der Waals surface area (Å²) in [6.07, 6.45) is 3.83. The molecule has 0 aliphatic heterocycles. The Labute approximate surface area is 157 Å². The van der Waals surface area contributed by atoms with E-state index in [1.807, 2.05) is 37.3 Å². The summed E-state index contributed by atoms with van der Waals surface area (Å²) in [6.45, 7) is 1.91. The Morgan fingerprint density at radius 1 is 1.23 bits per heavy atom. The van der Waals surface area contributed by atoms with E-state index in [0.717, 1.165) is 4.90 Å². The van der Waals surface area contributed by atoms with E-state index in [9.17, 15) is 15.0 Å². The lowest BCUT2D eigenvalue weighted by Crippen LogP contribution is -2.44. The molecule has 1 aromatic carbocycles. The second kappa shape index (κ2) is 8.10. The molecule has 0 radical (unpaired) electrons. The molecule has 1 fully saturated rings. The van der Waals surface area contributed by atoms with Crippen molar-refractivity contribution in [3.05, 3.63) is 54.4 Å². The van der Waals surface area contributed by atoms with Gasteiger partial charge in [-0.25, -0.2) is 0 Å². The first kappa shape index (κ1) is 18.7. The molecule has 1 atom stereocenters. The van der Waals surface area contributed by atoms with Gasteiger partial charge in [-0.15, -0.1) is 11.8 Å². The highest BCUT2D eigenvalue weighted by molar-refractivity contribution is 8.00. The van der Waals surface area contributed by atoms with Crippen LogP contribution in [0.15, 0.2) is 53.6 Å². The van der Waals surface area contributed by atoms with Crippen molar-refractivity contribution in [1.82, 2.24) is 10.3 Å². The monoisotopic (exact) mass is 372 g/mol. The van der Waals surface area contributed by atoms with Crippen LogP contribution in [0.4, 0.5) is 0 Å². The van der Waals surface area contributed by atoms with Gasteiger partial charge in [-0.1, -0.05) is 18.2 Å². The van der Waals surface area contributed by atoms with E-state index in [-0.39, 0.29) is 22.9 Å². The molecule has 1 unspecified atom stereocenters. The molecule has 26 heavy (non-hydrogen) atoms. The summed E-state index contributed by atoms with van der Waals surface area (Å²) < 4.78 is 0. The maximum absolute atomic E-state index is 12.4. The van der Waals surface area contributed by atoms with Gasteiger partial charge in [-0.3, -0.25) is 9.78 Å². The third-order valence-electron chi connectivity index (χ3n) is 4.81. The average molecular weight is 372 g/mol. The molecule has 1 aliphatic carbocycles. The summed E-state index contributed by atoms with van der Waals surface area (Å²) in [4.78, 5) is 17.7. The Morgan fingerprint density at radius 3 is 2.54 bits per heavy atom. The third-order valence-corrected chi connectivity index (χ3v) is 5.92. The predicted molar refractivity (Wildman–Crippen MR) is 102 cm³/mol. The van der Waals surface area contributed by atoms with Gasteiger partial charge in [0.05, 0.1) is 17.1 Å². The van der Waals surface area contributed by atoms with Crippen LogP contribution in [-0.4, -0.2) is 32.4 Å². The molecule has 1 amide bonds. The van der Waals surface area contributed by atoms with Crippen molar-refractivity contribution < 1.29 is 15.0 Å². The Kier molecular flexibility index (Phi) is 5.84. The second-order valence-corrected chi connectivity index (χ2v) is 8.20. The maximum Gasteiger partial charge on any atom is 0.233 e. The predicted octanol–water partition coefficient (Wildman–Crippen LogP) is 3.21. The van der Waals surface area contributed by atoms with Crippen LogP contribution in [-0.2, 0) is 10.4 Å². The highest BCUT2D eigenvalue weighted by Gasteiger charge is 2.36. The van der Waals surface area contributed by atoms with Gasteiger partial charge in [0.15, 0.2) is 0 Å². The number of hydrogen-bond acceptors (Lipinski definition) is 5. The van der Waals surface area contributed by atoms with Crippen molar-refractivity contribution in [2.75, 3.05) is 0 Å². The van der Waals surface area contributed by atoms with Gasteiger partial charge in [-0.2, -0.15) is 0 Å². The zero-order valence-corrected chi connectivity index (χ0v) is 15.6. The molecule has 138 valence electrons. The molecule has 1 aromatic heterocycles. The molecule has 1 aliphatic rings. The Hall–Kier alpha value is -2.05. The normalized spacial score (nSPS) is 24.0. The Bertz CT molecular complexity index is 728. The second-order valence-electron chi connectivity index (χ2n) is 6.79. The van der Waals surface area contributed by atoms with Crippen LogP contribution in [0.2, 0.25) is 0 Å². The summed E-state index contributed by atoms with van der Waals surface area (Å²) in [6, 6.07) is 13.2. The summed E-state index contributed by atoms with van der Waals surface area (Å²) in [5, 5.41) is 23.1. The van der Waals surface area contributed by atoms with Gasteiger partial charge >= 0.3 is 0 Å². The van der Waals surface area contributed by atoms with Crippen LogP contribution < -0.4 is 5.32 Å². The summed E-state index contributed by atoms with van der Waals surface area (Å²) >= 11 is 1.54. The first-order valence-electron chi connectivity index (χ1n) is 8.86. The van der Waals surface area contributed by atoms with Gasteiger partial charge in [-0.05, 0) is 56.9 Å². The quantitative estimate of drug-likeness (QED) is 0.702. The number of aromatic nitrogens is 1. The van der Waals surface area contributed by atoms with E-state index in [0.29, 0.717) is 31.4 Å². The molecule has 0 saturated heterocycles. The minimum atomic E-state index is -0.987. The molecule has 0 spiro atoms. The molecule has 3 rings (SSSR count). The van der Waals surface area contributed by atoms with Gasteiger partial charge in [0.2, 0.25) is 5.91 Å². The number of benzene rings is 1. The van der Waals surface area contributed by atoms with E-state index in [2.05, 4.69) is 10.3 Å². The molecule has 6 heteroatoms. The fraction of sp³-hybridized carbons (Fsp3) is 0.400. The van der Waals surface area contributed by atoms with E-state index in [1.165, 1.54) is 12.3 Å². The number of carbonyl (C=O) groups is 1. The summed E-state index contributed by atoms with van der Waals surface area (Å²) in [7, 11) is 0. The first-order valence-corrected chi connectivity index (χ1v) is 9.74. The van der Waals surface area contributed by atoms with Crippen LogP contribution in [0.5, 0.6) is 5.75 Å². The highest BCUT2D eigenvalue weighted by Crippen LogP contribution is 2.36. The van der Waals surface area contributed by atoms with Crippen LogP contribution in [0.3, 0.4) is 0 Å². The lowest BCUT2D eigenvalue weighted by molar-refractivity contribution is -0.121. The van der Waals surface area contributed by atoms with E-state index in [4.69, 9.17) is 0 Å². The zero-order chi connectivity index (χ0) is 18.6. The smallest absolute Gasteiger partial charge is 0.233 e. The number of aromatic hydroxyl groups is 1. The topological polar surface area (TPSA) is 82.5 Å². The van der Waals surface area contributed by atoms with Gasteiger partial charge in [0.25, 0.3) is 0 Å². The molecular formula is C20H24N2O3S. The molecule has 2 aromatic rings. The van der Waals surface area contributed by atoms with Crippen molar-refractivity contribution in [3.63, 3.8) is 0 Å². The Morgan fingerprint density at radius 2 is 1.92 bits per heavy atom. The fourth-order valence-corrected chi connectivity index (χ4v) is 4.13. The standard InChI is InChI=1S/C20H24N2O3S/c1-14(26-17-5-3-2-4-6-17)19(24)22-15-9-11-20(25,12-10-15)18-8-7-16(23)13-21-18/h2-8,13-15,23,25H,9-12H2,1H3,(H,22,24). The third kappa shape index (κ3) is 4.56. The number of pyridine rings is 1. The van der Waals surface area contributed by atoms with E-state index in [1.54, 1.807) is 17.8 Å². The number of amides is 1. The highest BCUT2D eigenvalue weighted by atomic mass is 32.2. The van der Waals surface area contributed by atoms with Gasteiger partial charge in [0.1, 0.15) is 11.4 Å². The summed E-state index contributed by atoms with van der Waals surface area (Å²) in [5.41, 5.74) is -0.410. The van der Waals surface area contributed by atoms with Crippen molar-refractivity contribution in [2.45, 2.75) is 54.4 Å². The van der Waals surface area contributed by atoms with Crippen LogP contribution in [0.25, 0.3) is 0 Å². The number of thioether (sulfide) groups is 1. The van der Waals surface area contributed by atoms with Gasteiger partial charge < -0.3 is 15.5 Å². The lowest BCUT2D eigenvalue weighted by atomic mass is 9.80. The molecule has 3 N–H and O–H groups in total. The lowest BCUT2D eigenvalue weighted by Gasteiger charge is -2.36. The number of hydrogen-bond donors (Lipinski definition) is 3. The number of aliphatic hydroxyl groups is 1. The minimum absolute atomic E-state index is 0.0250. The Balaban J connectivity index is 1.51. The maximum atomic E-state index is 12.4. The summed E-state index contributed by atoms with van der Waals surface area (Å²) in [5.74, 6) is 0.111. The molecule has 0 bridgehead atoms. The van der Waals surface area contributed by atoms with Crippen LogP contribution in [0.1, 0.15) is 38.3 Å². The largest absolute Gasteiger partial charge is 0.506 e. The van der Waals surface area contributed by atoms with Crippen LogP contribution >= 0.6 is 11.8 Å². The van der Waals surface area contributed by atoms with E-state index < -0.39 is 5.60 Å². The van der Waals surface area contributed by atoms with Crippen molar-refractivity contribution in [1.29, 1.82) is 0 Å². The van der Waals surface area contributed by atoms with Crippen molar-refractivity contribution >= 4 is 17.7 Å². The van der Waals surface area contributed by atoms with Crippen molar-refractivity contribution in [3.8, 4) is 5.75 Å². The zero-order valence-electron chi connectivity index (χ0n) is 14.8. The van der Waals surface area contributed by atoms with Gasteiger partial charge in [0, 0.05) is 10.9 Å². The molecule has 1 heterocycles. The van der Waals surface area contributed by atoms with Crippen LogP contribution in [0, 0.1) is 0 Å². The number of rotatable bonds is 5. The first-order chi connectivity index (χ1) is 12.5. The minimum Gasteiger partial charge on any atom is -0.506 e. The number of carbonyl (C=O) groups excluding carboxylic acids is 1. The fourth-order valence-electron chi connectivity index (χ4n) is 3.23. The number of nitrogens with zero attached hydrogens (tertiary/aromatic N) is 1. The SMILES string of the molecule is CC(Sc1ccccc1)C(=O)NC1CCC(O)(c2ccc(O)cn2)CC1. The average Bonchev–Trinajstić information content (AvgIpc) is 2.65. The van der Waals surface area contributed by atoms with Crippen molar-refractivity contribution in [2.24, 2.45) is 0 Å².